The lowest BCUT2D eigenvalue weighted by molar-refractivity contribution is 0.120. The van der Waals surface area contributed by atoms with E-state index in [4.69, 9.17) is 4.74 Å². The highest BCUT2D eigenvalue weighted by Gasteiger charge is 2.04. The third-order valence-electron chi connectivity index (χ3n) is 2.78. The molecule has 3 rings (SSSR count). The minimum Gasteiger partial charge on any atom is -0.362 e. The number of aryl methyl sites for hydroxylation is 1. The normalized spacial score (nSPS) is 11.1. The first-order valence-electron chi connectivity index (χ1n) is 5.82. The predicted octanol–water partition coefficient (Wildman–Crippen LogP) is 1.51. The molecule has 7 heteroatoms. The molecule has 98 valence electrons. The van der Waals surface area contributed by atoms with Gasteiger partial charge < -0.3 is 14.6 Å². The maximum absolute atomic E-state index is 5.00. The van der Waals surface area contributed by atoms with Gasteiger partial charge in [-0.2, -0.15) is 5.10 Å². The number of rotatable bonds is 4. The van der Waals surface area contributed by atoms with E-state index in [1.54, 1.807) is 30.5 Å². The predicted molar refractivity (Wildman–Crippen MR) is 71.0 cm³/mol. The van der Waals surface area contributed by atoms with Crippen LogP contribution in [0.3, 0.4) is 0 Å². The molecule has 0 bridgehead atoms. The highest BCUT2D eigenvalue weighted by atomic mass is 16.5. The zero-order valence-electron chi connectivity index (χ0n) is 10.7. The number of nitrogens with one attached hydrogen (secondary N) is 1. The van der Waals surface area contributed by atoms with Crippen molar-refractivity contribution >= 4 is 22.5 Å². The van der Waals surface area contributed by atoms with Crippen LogP contribution in [0.4, 0.5) is 11.5 Å². The minimum absolute atomic E-state index is 0.426. The summed E-state index contributed by atoms with van der Waals surface area (Å²) in [5.41, 5.74) is 2.77. The monoisotopic (exact) mass is 258 g/mol. The summed E-state index contributed by atoms with van der Waals surface area (Å²) in [5, 5.41) is 7.36. The van der Waals surface area contributed by atoms with Gasteiger partial charge in [0.15, 0.2) is 0 Å². The van der Waals surface area contributed by atoms with E-state index >= 15 is 0 Å². The van der Waals surface area contributed by atoms with Gasteiger partial charge in [0.05, 0.1) is 36.1 Å². The zero-order chi connectivity index (χ0) is 13.2. The summed E-state index contributed by atoms with van der Waals surface area (Å²) in [4.78, 5) is 8.55. The number of fused-ring (bicyclic) bond motifs is 1. The van der Waals surface area contributed by atoms with Crippen molar-refractivity contribution in [2.75, 3.05) is 12.4 Å². The molecule has 3 heterocycles. The Bertz CT molecular complexity index is 701. The van der Waals surface area contributed by atoms with E-state index < -0.39 is 0 Å². The van der Waals surface area contributed by atoms with Gasteiger partial charge in [-0.3, -0.25) is 0 Å². The van der Waals surface area contributed by atoms with Crippen LogP contribution in [0, 0.1) is 0 Å². The molecule has 0 amide bonds. The molecular weight excluding hydrogens is 244 g/mol. The highest BCUT2D eigenvalue weighted by molar-refractivity contribution is 5.78. The molecule has 0 saturated heterocycles. The summed E-state index contributed by atoms with van der Waals surface area (Å²) in [5.74, 6) is 0.757. The third kappa shape index (κ3) is 2.27. The maximum Gasteiger partial charge on any atom is 0.138 e. The second-order valence-corrected chi connectivity index (χ2v) is 4.22. The molecule has 1 N–H and O–H groups in total. The largest absolute Gasteiger partial charge is 0.362 e. The van der Waals surface area contributed by atoms with Crippen molar-refractivity contribution in [1.82, 2.24) is 24.3 Å². The third-order valence-corrected chi connectivity index (χ3v) is 2.78. The molecule has 3 aromatic rings. The van der Waals surface area contributed by atoms with E-state index in [0.717, 1.165) is 22.5 Å². The molecular formula is C12H14N6O. The van der Waals surface area contributed by atoms with Crippen molar-refractivity contribution in [1.29, 1.82) is 0 Å². The molecule has 0 aromatic carbocycles. The molecule has 0 fully saturated rings. The number of aromatic nitrogens is 5. The van der Waals surface area contributed by atoms with Crippen LogP contribution in [0.5, 0.6) is 0 Å². The van der Waals surface area contributed by atoms with Gasteiger partial charge in [-0.15, -0.1) is 0 Å². The number of hydrogen-bond acceptors (Lipinski definition) is 5. The Morgan fingerprint density at radius 2 is 2.21 bits per heavy atom. The molecule has 19 heavy (non-hydrogen) atoms. The Morgan fingerprint density at radius 3 is 3.05 bits per heavy atom. The van der Waals surface area contributed by atoms with Gasteiger partial charge in [0.2, 0.25) is 0 Å². The minimum atomic E-state index is 0.426. The van der Waals surface area contributed by atoms with Gasteiger partial charge in [0.25, 0.3) is 0 Å². The fourth-order valence-corrected chi connectivity index (χ4v) is 1.88. The number of methoxy groups -OCH3 is 1. The number of ether oxygens (including phenoxy) is 1. The fraction of sp³-hybridized carbons (Fsp3) is 0.250. The van der Waals surface area contributed by atoms with E-state index in [1.807, 2.05) is 23.9 Å². The zero-order valence-corrected chi connectivity index (χ0v) is 10.7. The maximum atomic E-state index is 5.00. The average Bonchev–Trinajstić information content (AvgIpc) is 2.98. The first kappa shape index (κ1) is 11.7. The van der Waals surface area contributed by atoms with Gasteiger partial charge in [-0.05, 0) is 0 Å². The number of hydrogen-bond donors (Lipinski definition) is 1. The van der Waals surface area contributed by atoms with Crippen LogP contribution in [-0.2, 0) is 18.5 Å². The standard InChI is InChI=1S/C12H14N6O/c1-17-7-14-10-5-13-12(3-11(10)17)16-9-4-15-18(6-9)8-19-2/h3-7H,8H2,1-2H3,(H,13,16). The van der Waals surface area contributed by atoms with Crippen LogP contribution in [-0.4, -0.2) is 31.4 Å². The quantitative estimate of drug-likeness (QED) is 0.768. The van der Waals surface area contributed by atoms with Crippen molar-refractivity contribution in [3.05, 3.63) is 31.0 Å². The van der Waals surface area contributed by atoms with Crippen LogP contribution in [0.25, 0.3) is 11.0 Å². The smallest absolute Gasteiger partial charge is 0.138 e. The summed E-state index contributed by atoms with van der Waals surface area (Å²) in [6, 6.07) is 1.95. The Balaban J connectivity index is 1.85. The second kappa shape index (κ2) is 4.69. The molecule has 3 aromatic heterocycles. The fourth-order valence-electron chi connectivity index (χ4n) is 1.88. The molecule has 0 aliphatic rings. The first-order valence-corrected chi connectivity index (χ1v) is 5.82. The van der Waals surface area contributed by atoms with Crippen LogP contribution in [0.2, 0.25) is 0 Å². The van der Waals surface area contributed by atoms with Gasteiger partial charge in [-0.25, -0.2) is 14.6 Å². The Hall–Kier alpha value is -2.41. The molecule has 0 aliphatic carbocycles. The molecule has 0 spiro atoms. The van der Waals surface area contributed by atoms with Crippen LogP contribution in [0.15, 0.2) is 31.0 Å². The molecule has 0 atom stereocenters. The van der Waals surface area contributed by atoms with Crippen molar-refractivity contribution in [3.8, 4) is 0 Å². The van der Waals surface area contributed by atoms with Gasteiger partial charge in [-0.1, -0.05) is 0 Å². The number of imidazole rings is 1. The van der Waals surface area contributed by atoms with Crippen molar-refractivity contribution in [2.45, 2.75) is 6.73 Å². The summed E-state index contributed by atoms with van der Waals surface area (Å²) in [7, 11) is 3.59. The second-order valence-electron chi connectivity index (χ2n) is 4.22. The molecule has 0 unspecified atom stereocenters. The average molecular weight is 258 g/mol. The van der Waals surface area contributed by atoms with Gasteiger partial charge >= 0.3 is 0 Å². The lowest BCUT2D eigenvalue weighted by Crippen LogP contribution is -1.99. The Kier molecular flexibility index (Phi) is 2.88. The molecule has 0 saturated carbocycles. The topological polar surface area (TPSA) is 69.8 Å². The van der Waals surface area contributed by atoms with Gasteiger partial charge in [0, 0.05) is 20.2 Å². The summed E-state index contributed by atoms with van der Waals surface area (Å²) >= 11 is 0. The molecule has 0 radical (unpaired) electrons. The van der Waals surface area contributed by atoms with Crippen LogP contribution >= 0.6 is 0 Å². The van der Waals surface area contributed by atoms with Crippen molar-refractivity contribution in [2.24, 2.45) is 7.05 Å². The van der Waals surface area contributed by atoms with Crippen molar-refractivity contribution in [3.63, 3.8) is 0 Å². The number of nitrogens with zero attached hydrogens (tertiary/aromatic N) is 5. The van der Waals surface area contributed by atoms with E-state index in [0.29, 0.717) is 6.73 Å². The Labute approximate surface area is 109 Å². The first-order chi connectivity index (χ1) is 9.26. The van der Waals surface area contributed by atoms with Crippen LogP contribution in [0.1, 0.15) is 0 Å². The van der Waals surface area contributed by atoms with E-state index in [1.165, 1.54) is 0 Å². The van der Waals surface area contributed by atoms with Crippen LogP contribution < -0.4 is 5.32 Å². The number of pyridine rings is 1. The lowest BCUT2D eigenvalue weighted by atomic mass is 10.4. The van der Waals surface area contributed by atoms with Crippen molar-refractivity contribution < 1.29 is 4.74 Å². The lowest BCUT2D eigenvalue weighted by Gasteiger charge is -2.03. The summed E-state index contributed by atoms with van der Waals surface area (Å²) < 4.78 is 8.65. The van der Waals surface area contributed by atoms with E-state index in [-0.39, 0.29) is 0 Å². The SMILES string of the molecule is COCn1cc(Nc2cc3c(cn2)ncn3C)cn1. The van der Waals surface area contributed by atoms with E-state index in [9.17, 15) is 0 Å². The number of anilines is 2. The highest BCUT2D eigenvalue weighted by Crippen LogP contribution is 2.18. The molecule has 7 nitrogen and oxygen atoms in total. The van der Waals surface area contributed by atoms with E-state index in [2.05, 4.69) is 20.4 Å². The van der Waals surface area contributed by atoms with Gasteiger partial charge in [0.1, 0.15) is 18.1 Å². The Morgan fingerprint density at radius 1 is 1.32 bits per heavy atom. The summed E-state index contributed by atoms with van der Waals surface area (Å²) in [6.07, 6.45) is 7.11. The summed E-state index contributed by atoms with van der Waals surface area (Å²) in [6.45, 7) is 0.426. The molecule has 0 aliphatic heterocycles.